The highest BCUT2D eigenvalue weighted by atomic mass is 16.2. The van der Waals surface area contributed by atoms with Crippen molar-refractivity contribution in [2.75, 3.05) is 0 Å². The zero-order chi connectivity index (χ0) is 18.3. The topological polar surface area (TPSA) is 64.1 Å². The summed E-state index contributed by atoms with van der Waals surface area (Å²) in [6.07, 6.45) is 4.67. The quantitative estimate of drug-likeness (QED) is 0.735. The van der Waals surface area contributed by atoms with Gasteiger partial charge >= 0.3 is 0 Å². The molecular weight excluding hydrogens is 324 g/mol. The molecule has 2 aromatic heterocycles. The summed E-state index contributed by atoms with van der Waals surface area (Å²) < 4.78 is 0. The van der Waals surface area contributed by atoms with E-state index in [4.69, 9.17) is 0 Å². The standard InChI is InChI=1S/C22H22N2O2/c1-22(2)11-18(25)21(19(26)12-22)20(17-9-5-6-10-23-17)15-13-24-16-8-4-3-7-14(15)16/h3-10,13,20-21,24H,11-12H2,1-2H3/p+1. The van der Waals surface area contributed by atoms with Gasteiger partial charge in [-0.15, -0.1) is 0 Å². The zero-order valence-corrected chi connectivity index (χ0v) is 15.1. The molecule has 0 saturated heterocycles. The number of rotatable bonds is 3. The van der Waals surface area contributed by atoms with Gasteiger partial charge in [0.15, 0.2) is 11.9 Å². The van der Waals surface area contributed by atoms with Crippen LogP contribution in [-0.4, -0.2) is 16.6 Å². The number of hydrogen-bond donors (Lipinski definition) is 1. The molecule has 0 spiro atoms. The molecule has 1 atom stereocenters. The van der Waals surface area contributed by atoms with Crippen LogP contribution in [0.2, 0.25) is 0 Å². The number of nitrogens with one attached hydrogen (secondary N) is 2. The Morgan fingerprint density at radius 1 is 1.04 bits per heavy atom. The Hall–Kier alpha value is -2.75. The van der Waals surface area contributed by atoms with Gasteiger partial charge in [-0.3, -0.25) is 9.59 Å². The van der Waals surface area contributed by atoms with Crippen LogP contribution in [0, 0.1) is 11.3 Å². The fourth-order valence-corrected chi connectivity index (χ4v) is 4.26. The molecule has 4 nitrogen and oxygen atoms in total. The predicted octanol–water partition coefficient (Wildman–Crippen LogP) is 3.69. The number of ketones is 2. The van der Waals surface area contributed by atoms with Crippen molar-refractivity contribution in [1.82, 2.24) is 4.98 Å². The number of pyridine rings is 1. The minimum atomic E-state index is -0.638. The van der Waals surface area contributed by atoms with E-state index in [1.54, 1.807) is 0 Å². The van der Waals surface area contributed by atoms with Crippen molar-refractivity contribution in [3.8, 4) is 0 Å². The van der Waals surface area contributed by atoms with Gasteiger partial charge in [-0.05, 0) is 17.0 Å². The molecule has 1 saturated carbocycles. The number of para-hydroxylation sites is 1. The van der Waals surface area contributed by atoms with E-state index < -0.39 is 5.92 Å². The summed E-state index contributed by atoms with van der Waals surface area (Å²) in [6, 6.07) is 13.8. The lowest BCUT2D eigenvalue weighted by Gasteiger charge is -2.34. The second kappa shape index (κ2) is 6.20. The van der Waals surface area contributed by atoms with Crippen LogP contribution < -0.4 is 4.98 Å². The van der Waals surface area contributed by atoms with Crippen LogP contribution in [0.3, 0.4) is 0 Å². The highest BCUT2D eigenvalue weighted by Crippen LogP contribution is 2.43. The fourth-order valence-electron chi connectivity index (χ4n) is 4.26. The molecule has 0 aliphatic heterocycles. The van der Waals surface area contributed by atoms with E-state index >= 15 is 0 Å². The summed E-state index contributed by atoms with van der Waals surface area (Å²) in [5.41, 5.74) is 2.65. The third-order valence-electron chi connectivity index (χ3n) is 5.36. The number of aromatic amines is 2. The average Bonchev–Trinajstić information content (AvgIpc) is 3.02. The van der Waals surface area contributed by atoms with Crippen LogP contribution in [0.1, 0.15) is 43.9 Å². The van der Waals surface area contributed by atoms with Gasteiger partial charge in [0, 0.05) is 42.1 Å². The van der Waals surface area contributed by atoms with E-state index in [1.807, 2.05) is 68.7 Å². The van der Waals surface area contributed by atoms with Gasteiger partial charge in [0.2, 0.25) is 0 Å². The Balaban J connectivity index is 1.88. The van der Waals surface area contributed by atoms with E-state index in [0.717, 1.165) is 22.2 Å². The van der Waals surface area contributed by atoms with E-state index in [0.29, 0.717) is 12.8 Å². The predicted molar refractivity (Wildman–Crippen MR) is 99.7 cm³/mol. The maximum Gasteiger partial charge on any atom is 0.188 e. The number of H-pyrrole nitrogens is 2. The van der Waals surface area contributed by atoms with Crippen molar-refractivity contribution in [3.05, 3.63) is 66.1 Å². The average molecular weight is 347 g/mol. The zero-order valence-electron chi connectivity index (χ0n) is 15.1. The molecular formula is C22H23N2O2+. The number of carbonyl (C=O) groups is 2. The molecule has 2 N–H and O–H groups in total. The van der Waals surface area contributed by atoms with Gasteiger partial charge in [-0.1, -0.05) is 38.1 Å². The SMILES string of the molecule is CC1(C)CC(=O)C(C(c2cccc[nH+]2)c2c[nH]c3ccccc23)C(=O)C1. The molecule has 0 radical (unpaired) electrons. The Morgan fingerprint density at radius 3 is 2.42 bits per heavy atom. The van der Waals surface area contributed by atoms with E-state index in [-0.39, 0.29) is 22.9 Å². The molecule has 3 aromatic rings. The lowest BCUT2D eigenvalue weighted by atomic mass is 9.66. The number of fused-ring (bicyclic) bond motifs is 1. The van der Waals surface area contributed by atoms with Crippen molar-refractivity contribution in [2.24, 2.45) is 11.3 Å². The van der Waals surface area contributed by atoms with Crippen LogP contribution in [0.15, 0.2) is 54.9 Å². The van der Waals surface area contributed by atoms with Crippen LogP contribution in [0.5, 0.6) is 0 Å². The third kappa shape index (κ3) is 2.85. The number of benzene rings is 1. The van der Waals surface area contributed by atoms with Crippen molar-refractivity contribution in [1.29, 1.82) is 0 Å². The smallest absolute Gasteiger partial charge is 0.188 e. The molecule has 1 aliphatic rings. The Morgan fingerprint density at radius 2 is 1.73 bits per heavy atom. The minimum absolute atomic E-state index is 0.0405. The third-order valence-corrected chi connectivity index (χ3v) is 5.36. The first-order chi connectivity index (χ1) is 12.5. The molecule has 0 bridgehead atoms. The molecule has 1 aliphatic carbocycles. The van der Waals surface area contributed by atoms with Crippen LogP contribution >= 0.6 is 0 Å². The van der Waals surface area contributed by atoms with Gasteiger partial charge in [0.25, 0.3) is 0 Å². The molecule has 1 fully saturated rings. The first-order valence-electron chi connectivity index (χ1n) is 9.04. The molecule has 1 unspecified atom stereocenters. The highest BCUT2D eigenvalue weighted by Gasteiger charge is 2.46. The largest absolute Gasteiger partial charge is 0.361 e. The first kappa shape index (κ1) is 16.7. The Kier molecular flexibility index (Phi) is 3.98. The van der Waals surface area contributed by atoms with Crippen LogP contribution in [-0.2, 0) is 9.59 Å². The molecule has 26 heavy (non-hydrogen) atoms. The van der Waals surface area contributed by atoms with E-state index in [2.05, 4.69) is 9.97 Å². The summed E-state index contributed by atoms with van der Waals surface area (Å²) in [5, 5.41) is 1.06. The summed E-state index contributed by atoms with van der Waals surface area (Å²) in [7, 11) is 0. The van der Waals surface area contributed by atoms with Crippen molar-refractivity contribution in [3.63, 3.8) is 0 Å². The summed E-state index contributed by atoms with van der Waals surface area (Å²) in [6.45, 7) is 3.99. The summed E-state index contributed by atoms with van der Waals surface area (Å²) in [4.78, 5) is 32.6. The van der Waals surface area contributed by atoms with Gasteiger partial charge in [0.1, 0.15) is 11.6 Å². The number of carbonyl (C=O) groups excluding carboxylic acids is 2. The number of Topliss-reactive ketones (excluding diaryl/α,β-unsaturated/α-hetero) is 2. The number of aromatic nitrogens is 2. The van der Waals surface area contributed by atoms with Gasteiger partial charge < -0.3 is 4.98 Å². The Labute approximate surface area is 152 Å². The molecule has 4 heteroatoms. The second-order valence-corrected chi connectivity index (χ2v) is 8.01. The molecule has 1 aromatic carbocycles. The van der Waals surface area contributed by atoms with Gasteiger partial charge in [-0.2, -0.15) is 0 Å². The summed E-state index contributed by atoms with van der Waals surface area (Å²) >= 11 is 0. The monoisotopic (exact) mass is 347 g/mol. The first-order valence-corrected chi connectivity index (χ1v) is 9.04. The number of hydrogen-bond acceptors (Lipinski definition) is 2. The van der Waals surface area contributed by atoms with Gasteiger partial charge in [-0.25, -0.2) is 4.98 Å². The highest BCUT2D eigenvalue weighted by molar-refractivity contribution is 6.07. The molecule has 2 heterocycles. The second-order valence-electron chi connectivity index (χ2n) is 8.01. The molecule has 132 valence electrons. The van der Waals surface area contributed by atoms with Gasteiger partial charge in [0.05, 0.1) is 11.8 Å². The van der Waals surface area contributed by atoms with Crippen LogP contribution in [0.25, 0.3) is 10.9 Å². The van der Waals surface area contributed by atoms with E-state index in [9.17, 15) is 9.59 Å². The Bertz CT molecular complexity index is 952. The van der Waals surface area contributed by atoms with Crippen LogP contribution in [0.4, 0.5) is 0 Å². The summed E-state index contributed by atoms with van der Waals surface area (Å²) in [5.74, 6) is -0.859. The van der Waals surface area contributed by atoms with E-state index in [1.165, 1.54) is 0 Å². The van der Waals surface area contributed by atoms with Crippen molar-refractivity contribution < 1.29 is 14.6 Å². The lowest BCUT2D eigenvalue weighted by molar-refractivity contribution is -0.392. The molecule has 4 rings (SSSR count). The van der Waals surface area contributed by atoms with Crippen molar-refractivity contribution in [2.45, 2.75) is 32.6 Å². The maximum atomic E-state index is 13.0. The fraction of sp³-hybridized carbons (Fsp3) is 0.318. The minimum Gasteiger partial charge on any atom is -0.361 e. The normalized spacial score (nSPS) is 19.0. The lowest BCUT2D eigenvalue weighted by Crippen LogP contribution is -2.42. The maximum absolute atomic E-state index is 13.0. The molecule has 0 amide bonds. The van der Waals surface area contributed by atoms with Crippen molar-refractivity contribution >= 4 is 22.5 Å².